The maximum Gasteiger partial charge on any atom is 0.317 e. The molecule has 8 heteroatoms. The maximum absolute atomic E-state index is 12.3. The Kier molecular flexibility index (Phi) is 4.75. The van der Waals surface area contributed by atoms with Gasteiger partial charge in [-0.3, -0.25) is 4.79 Å². The Morgan fingerprint density at radius 3 is 2.57 bits per heavy atom. The normalized spacial score (nSPS) is 26.7. The zero-order valence-electron chi connectivity index (χ0n) is 12.1. The molecule has 2 atom stereocenters. The molecule has 1 saturated carbocycles. The molecule has 0 aromatic rings. The highest BCUT2D eigenvalue weighted by Crippen LogP contribution is 2.29. The van der Waals surface area contributed by atoms with Crippen molar-refractivity contribution in [3.8, 4) is 0 Å². The summed E-state index contributed by atoms with van der Waals surface area (Å²) in [7, 11) is -3.27. The molecule has 120 valence electrons. The molecule has 1 aliphatic carbocycles. The summed E-state index contributed by atoms with van der Waals surface area (Å²) < 4.78 is 23.3. The van der Waals surface area contributed by atoms with Crippen molar-refractivity contribution in [3.05, 3.63) is 0 Å². The summed E-state index contributed by atoms with van der Waals surface area (Å²) in [6, 6.07) is -1.10. The van der Waals surface area contributed by atoms with Gasteiger partial charge < -0.3 is 15.3 Å². The summed E-state index contributed by atoms with van der Waals surface area (Å²) in [5.41, 5.74) is 0. The lowest BCUT2D eigenvalue weighted by Gasteiger charge is -2.38. The van der Waals surface area contributed by atoms with Crippen molar-refractivity contribution in [1.82, 2.24) is 10.2 Å². The van der Waals surface area contributed by atoms with E-state index in [4.69, 9.17) is 5.11 Å². The number of rotatable bonds is 4. The fraction of sp³-hybridized carbons (Fsp3) is 0.846. The van der Waals surface area contributed by atoms with Crippen LogP contribution in [0.4, 0.5) is 4.79 Å². The van der Waals surface area contributed by atoms with Crippen LogP contribution in [0.15, 0.2) is 0 Å². The number of nitrogens with zero attached hydrogens (tertiary/aromatic N) is 1. The van der Waals surface area contributed by atoms with E-state index in [-0.39, 0.29) is 36.5 Å². The van der Waals surface area contributed by atoms with Crippen LogP contribution >= 0.6 is 0 Å². The number of carboxylic acids is 1. The van der Waals surface area contributed by atoms with Gasteiger partial charge in [-0.25, -0.2) is 13.2 Å². The van der Waals surface area contributed by atoms with Crippen LogP contribution in [0.3, 0.4) is 0 Å². The van der Waals surface area contributed by atoms with Crippen molar-refractivity contribution in [2.24, 2.45) is 5.92 Å². The van der Waals surface area contributed by atoms with Gasteiger partial charge in [-0.2, -0.15) is 0 Å². The first-order valence-electron chi connectivity index (χ1n) is 7.28. The zero-order valence-corrected chi connectivity index (χ0v) is 12.9. The lowest BCUT2D eigenvalue weighted by atomic mass is 9.80. The van der Waals surface area contributed by atoms with E-state index in [9.17, 15) is 18.0 Å². The van der Waals surface area contributed by atoms with Crippen molar-refractivity contribution in [3.63, 3.8) is 0 Å². The summed E-state index contributed by atoms with van der Waals surface area (Å²) in [5.74, 6) is -0.999. The molecule has 0 aromatic heterocycles. The number of carbonyl (C=O) groups is 2. The molecule has 2 rings (SSSR count). The Hall–Kier alpha value is -1.31. The molecule has 2 unspecified atom stereocenters. The van der Waals surface area contributed by atoms with Crippen molar-refractivity contribution < 1.29 is 23.1 Å². The molecular weight excluding hydrogens is 296 g/mol. The van der Waals surface area contributed by atoms with Crippen LogP contribution in [0, 0.1) is 5.92 Å². The lowest BCUT2D eigenvalue weighted by Crippen LogP contribution is -2.57. The molecule has 1 saturated heterocycles. The van der Waals surface area contributed by atoms with Crippen molar-refractivity contribution in [1.29, 1.82) is 0 Å². The van der Waals surface area contributed by atoms with Crippen LogP contribution in [-0.4, -0.2) is 60.6 Å². The molecule has 21 heavy (non-hydrogen) atoms. The van der Waals surface area contributed by atoms with Crippen LogP contribution in [0.5, 0.6) is 0 Å². The first-order valence-corrected chi connectivity index (χ1v) is 9.10. The minimum absolute atomic E-state index is 0.0373. The third-order valence-electron chi connectivity index (χ3n) is 4.41. The van der Waals surface area contributed by atoms with E-state index in [1.165, 1.54) is 11.3 Å². The lowest BCUT2D eigenvalue weighted by molar-refractivity contribution is -0.138. The molecule has 2 fully saturated rings. The first kappa shape index (κ1) is 16.1. The van der Waals surface area contributed by atoms with Gasteiger partial charge in [0, 0.05) is 12.6 Å². The minimum Gasteiger partial charge on any atom is -0.481 e. The number of hydrogen-bond donors (Lipinski definition) is 2. The molecule has 1 aliphatic heterocycles. The Balaban J connectivity index is 2.00. The van der Waals surface area contributed by atoms with E-state index < -0.39 is 21.8 Å². The average molecular weight is 318 g/mol. The van der Waals surface area contributed by atoms with Crippen LogP contribution in [-0.2, 0) is 14.6 Å². The van der Waals surface area contributed by atoms with Crippen molar-refractivity contribution in [2.75, 3.05) is 18.1 Å². The first-order chi connectivity index (χ1) is 9.78. The third kappa shape index (κ3) is 4.09. The Labute approximate surface area is 124 Å². The molecule has 0 radical (unpaired) electrons. The average Bonchev–Trinajstić information content (AvgIpc) is 2.23. The highest BCUT2D eigenvalue weighted by molar-refractivity contribution is 7.91. The van der Waals surface area contributed by atoms with Gasteiger partial charge in [0.25, 0.3) is 0 Å². The van der Waals surface area contributed by atoms with Crippen LogP contribution in [0.25, 0.3) is 0 Å². The number of hydrogen-bond acceptors (Lipinski definition) is 4. The van der Waals surface area contributed by atoms with Gasteiger partial charge in [-0.15, -0.1) is 0 Å². The monoisotopic (exact) mass is 318 g/mol. The second-order valence-corrected chi connectivity index (χ2v) is 8.22. The molecule has 0 bridgehead atoms. The van der Waals surface area contributed by atoms with Gasteiger partial charge in [-0.05, 0) is 25.7 Å². The Bertz CT molecular complexity index is 515. The molecule has 1 heterocycles. The predicted octanol–water partition coefficient (Wildman–Crippen LogP) is 0.458. The third-order valence-corrected chi connectivity index (χ3v) is 6.11. The Morgan fingerprint density at radius 1 is 1.38 bits per heavy atom. The van der Waals surface area contributed by atoms with E-state index in [0.717, 1.165) is 12.8 Å². The molecular formula is C13H22N2O5S. The van der Waals surface area contributed by atoms with Gasteiger partial charge in [0.15, 0.2) is 9.84 Å². The van der Waals surface area contributed by atoms with Crippen LogP contribution < -0.4 is 5.32 Å². The topological polar surface area (TPSA) is 104 Å². The summed E-state index contributed by atoms with van der Waals surface area (Å²) >= 11 is 0. The van der Waals surface area contributed by atoms with Gasteiger partial charge >= 0.3 is 12.0 Å². The quantitative estimate of drug-likeness (QED) is 0.783. The van der Waals surface area contributed by atoms with E-state index >= 15 is 0 Å². The Morgan fingerprint density at radius 2 is 2.05 bits per heavy atom. The minimum atomic E-state index is -3.27. The predicted molar refractivity (Wildman–Crippen MR) is 76.7 cm³/mol. The number of aliphatic carboxylic acids is 1. The molecule has 2 aliphatic rings. The molecule has 7 nitrogen and oxygen atoms in total. The summed E-state index contributed by atoms with van der Waals surface area (Å²) in [6.45, 7) is 2.00. The van der Waals surface area contributed by atoms with E-state index in [1.54, 1.807) is 0 Å². The fourth-order valence-corrected chi connectivity index (χ4v) is 4.39. The second kappa shape index (κ2) is 6.21. The van der Waals surface area contributed by atoms with Crippen molar-refractivity contribution in [2.45, 2.75) is 44.7 Å². The largest absolute Gasteiger partial charge is 0.481 e. The van der Waals surface area contributed by atoms with Crippen molar-refractivity contribution >= 4 is 21.8 Å². The number of carbonyl (C=O) groups excluding carboxylic acids is 1. The molecule has 0 aromatic carbocycles. The smallest absolute Gasteiger partial charge is 0.317 e. The SMILES string of the molecule is CC(NC(=O)N1CCS(=O)(=O)CC1CC(=O)O)C1CCC1. The number of carboxylic acid groups (broad SMARTS) is 1. The second-order valence-electron chi connectivity index (χ2n) is 5.99. The van der Waals surface area contributed by atoms with Gasteiger partial charge in [0.05, 0.1) is 24.0 Å². The number of amides is 2. The van der Waals surface area contributed by atoms with Gasteiger partial charge in [0.1, 0.15) is 0 Å². The van der Waals surface area contributed by atoms with Crippen LogP contribution in [0.2, 0.25) is 0 Å². The van der Waals surface area contributed by atoms with E-state index in [0.29, 0.717) is 5.92 Å². The highest BCUT2D eigenvalue weighted by Gasteiger charge is 2.36. The molecule has 2 N–H and O–H groups in total. The summed E-state index contributed by atoms with van der Waals surface area (Å²) in [5, 5.41) is 11.8. The number of sulfone groups is 1. The highest BCUT2D eigenvalue weighted by atomic mass is 32.2. The standard InChI is InChI=1S/C13H22N2O5S/c1-9(10-3-2-4-10)14-13(18)15-5-6-21(19,20)8-11(15)7-12(16)17/h9-11H,2-8H2,1H3,(H,14,18)(H,16,17). The van der Waals surface area contributed by atoms with Gasteiger partial charge in [0.2, 0.25) is 0 Å². The zero-order chi connectivity index (χ0) is 15.6. The van der Waals surface area contributed by atoms with E-state index in [2.05, 4.69) is 5.32 Å². The summed E-state index contributed by atoms with van der Waals surface area (Å²) in [4.78, 5) is 24.5. The fourth-order valence-electron chi connectivity index (χ4n) is 2.86. The number of urea groups is 1. The van der Waals surface area contributed by atoms with Crippen LogP contribution in [0.1, 0.15) is 32.6 Å². The maximum atomic E-state index is 12.3. The summed E-state index contributed by atoms with van der Waals surface area (Å²) in [6.07, 6.45) is 3.02. The molecule has 0 spiro atoms. The number of nitrogens with one attached hydrogen (secondary N) is 1. The van der Waals surface area contributed by atoms with E-state index in [1.807, 2.05) is 6.92 Å². The van der Waals surface area contributed by atoms with Gasteiger partial charge in [-0.1, -0.05) is 6.42 Å². The molecule has 2 amide bonds.